The molecule has 0 bridgehead atoms. The molecule has 0 spiro atoms. The minimum Gasteiger partial charge on any atom is -0.326 e. The molecule has 0 aliphatic rings. The number of nitrogens with two attached hydrogens (primary N) is 1. The van der Waals surface area contributed by atoms with Gasteiger partial charge in [0.25, 0.3) is 0 Å². The molecule has 0 aliphatic carbocycles. The summed E-state index contributed by atoms with van der Waals surface area (Å²) in [5.74, 6) is 0. The summed E-state index contributed by atoms with van der Waals surface area (Å²) in [4.78, 5) is 2.10. The van der Waals surface area contributed by atoms with E-state index >= 15 is 0 Å². The second-order valence-electron chi connectivity index (χ2n) is 3.21. The van der Waals surface area contributed by atoms with Crippen molar-refractivity contribution in [3.05, 3.63) is 44.2 Å². The van der Waals surface area contributed by atoms with Gasteiger partial charge in [-0.05, 0) is 24.3 Å². The van der Waals surface area contributed by atoms with Crippen LogP contribution in [0.25, 0.3) is 10.4 Å². The van der Waals surface area contributed by atoms with Crippen LogP contribution >= 0.6 is 46.1 Å². The second-order valence-corrected chi connectivity index (χ2v) is 5.63. The van der Waals surface area contributed by atoms with E-state index in [9.17, 15) is 0 Å². The lowest BCUT2D eigenvalue weighted by molar-refractivity contribution is 1.11. The van der Waals surface area contributed by atoms with Crippen molar-refractivity contribution in [1.82, 2.24) is 0 Å². The smallest absolute Gasteiger partial charge is 0.0522 e. The van der Waals surface area contributed by atoms with E-state index in [1.807, 2.05) is 12.1 Å². The quantitative estimate of drug-likeness (QED) is 0.842. The average Bonchev–Trinajstić information content (AvgIpc) is 2.64. The number of thiophene rings is 1. The molecule has 1 aromatic heterocycles. The molecule has 1 aromatic carbocycles. The highest BCUT2D eigenvalue weighted by molar-refractivity contribution is 7.15. The first-order valence-electron chi connectivity index (χ1n) is 4.55. The Bertz CT molecular complexity index is 499. The summed E-state index contributed by atoms with van der Waals surface area (Å²) in [6, 6.07) is 7.31. The van der Waals surface area contributed by atoms with Crippen molar-refractivity contribution < 1.29 is 0 Å². The predicted molar refractivity (Wildman–Crippen MR) is 72.7 cm³/mol. The minimum absolute atomic E-state index is 0.521. The number of hydrogen-bond donors (Lipinski definition) is 1. The molecule has 0 saturated carbocycles. The molecule has 0 saturated heterocycles. The number of rotatable bonds is 2. The summed E-state index contributed by atoms with van der Waals surface area (Å²) in [5.41, 5.74) is 6.38. The first kappa shape index (κ1) is 12.2. The topological polar surface area (TPSA) is 26.0 Å². The van der Waals surface area contributed by atoms with Crippen molar-refractivity contribution >= 4 is 46.1 Å². The molecule has 2 aromatic rings. The highest BCUT2D eigenvalue weighted by Crippen LogP contribution is 2.40. The van der Waals surface area contributed by atoms with Crippen LogP contribution < -0.4 is 5.73 Å². The van der Waals surface area contributed by atoms with Crippen LogP contribution in [0.3, 0.4) is 0 Å². The maximum absolute atomic E-state index is 6.13. The Morgan fingerprint density at radius 1 is 1.06 bits per heavy atom. The van der Waals surface area contributed by atoms with Gasteiger partial charge >= 0.3 is 0 Å². The van der Waals surface area contributed by atoms with E-state index in [2.05, 4.69) is 0 Å². The zero-order valence-corrected chi connectivity index (χ0v) is 11.2. The SMILES string of the molecule is NCc1ccc(-c2c(Cl)cc(Cl)cc2Cl)s1. The Balaban J connectivity index is 2.55. The van der Waals surface area contributed by atoms with E-state index in [1.54, 1.807) is 23.5 Å². The molecule has 2 N–H and O–H groups in total. The molecular formula is C11H8Cl3NS. The molecule has 5 heteroatoms. The largest absolute Gasteiger partial charge is 0.326 e. The van der Waals surface area contributed by atoms with Gasteiger partial charge in [-0.3, -0.25) is 0 Å². The predicted octanol–water partition coefficient (Wildman–Crippen LogP) is 4.83. The molecule has 0 aliphatic heterocycles. The summed E-state index contributed by atoms with van der Waals surface area (Å²) in [7, 11) is 0. The molecule has 0 amide bonds. The summed E-state index contributed by atoms with van der Waals surface area (Å²) in [6.45, 7) is 0.521. The molecule has 16 heavy (non-hydrogen) atoms. The van der Waals surface area contributed by atoms with E-state index in [0.29, 0.717) is 21.6 Å². The fourth-order valence-corrected chi connectivity index (χ4v) is 3.49. The van der Waals surface area contributed by atoms with Crippen molar-refractivity contribution in [1.29, 1.82) is 0 Å². The number of halogens is 3. The molecule has 1 nitrogen and oxygen atoms in total. The Morgan fingerprint density at radius 2 is 1.69 bits per heavy atom. The zero-order chi connectivity index (χ0) is 11.7. The van der Waals surface area contributed by atoms with Crippen LogP contribution in [-0.4, -0.2) is 0 Å². The van der Waals surface area contributed by atoms with Gasteiger partial charge in [0.15, 0.2) is 0 Å². The molecule has 0 atom stereocenters. The van der Waals surface area contributed by atoms with Crippen molar-refractivity contribution in [2.24, 2.45) is 5.73 Å². The van der Waals surface area contributed by atoms with E-state index in [0.717, 1.165) is 15.3 Å². The number of hydrogen-bond acceptors (Lipinski definition) is 2. The summed E-state index contributed by atoms with van der Waals surface area (Å²) in [5, 5.41) is 1.65. The maximum Gasteiger partial charge on any atom is 0.0522 e. The number of benzene rings is 1. The van der Waals surface area contributed by atoms with Gasteiger partial charge in [-0.2, -0.15) is 0 Å². The molecule has 84 valence electrons. The van der Waals surface area contributed by atoms with Crippen LogP contribution in [0.4, 0.5) is 0 Å². The van der Waals surface area contributed by atoms with Gasteiger partial charge < -0.3 is 5.73 Å². The fourth-order valence-electron chi connectivity index (χ4n) is 1.40. The average molecular weight is 293 g/mol. The standard InChI is InChI=1S/C11H8Cl3NS/c12-6-3-8(13)11(9(14)4-6)10-2-1-7(5-15)16-10/h1-4H,5,15H2. The lowest BCUT2D eigenvalue weighted by Gasteiger charge is -2.05. The van der Waals surface area contributed by atoms with Crippen LogP contribution in [0.5, 0.6) is 0 Å². The Hall–Kier alpha value is -0.250. The molecule has 2 rings (SSSR count). The van der Waals surface area contributed by atoms with Gasteiger partial charge in [-0.15, -0.1) is 11.3 Å². The zero-order valence-electron chi connectivity index (χ0n) is 8.14. The first-order chi connectivity index (χ1) is 7.61. The van der Waals surface area contributed by atoms with Crippen molar-refractivity contribution in [2.45, 2.75) is 6.54 Å². The minimum atomic E-state index is 0.521. The van der Waals surface area contributed by atoms with E-state index < -0.39 is 0 Å². The highest BCUT2D eigenvalue weighted by Gasteiger charge is 2.12. The van der Waals surface area contributed by atoms with Crippen molar-refractivity contribution in [3.8, 4) is 10.4 Å². The highest BCUT2D eigenvalue weighted by atomic mass is 35.5. The summed E-state index contributed by atoms with van der Waals surface area (Å²) >= 11 is 19.7. The van der Waals surface area contributed by atoms with Crippen LogP contribution in [0.1, 0.15) is 4.88 Å². The van der Waals surface area contributed by atoms with Gasteiger partial charge in [-0.1, -0.05) is 34.8 Å². The molecule has 0 unspecified atom stereocenters. The van der Waals surface area contributed by atoms with Crippen LogP contribution in [0, 0.1) is 0 Å². The molecule has 0 radical (unpaired) electrons. The van der Waals surface area contributed by atoms with Crippen LogP contribution in [0.2, 0.25) is 15.1 Å². The first-order valence-corrected chi connectivity index (χ1v) is 6.50. The van der Waals surface area contributed by atoms with Gasteiger partial charge in [0.05, 0.1) is 10.0 Å². The second kappa shape index (κ2) is 4.94. The normalized spacial score (nSPS) is 10.8. The molecule has 0 fully saturated rings. The van der Waals surface area contributed by atoms with E-state index in [-0.39, 0.29) is 0 Å². The van der Waals surface area contributed by atoms with Gasteiger partial charge in [-0.25, -0.2) is 0 Å². The van der Waals surface area contributed by atoms with Crippen LogP contribution in [0.15, 0.2) is 24.3 Å². The fraction of sp³-hybridized carbons (Fsp3) is 0.0909. The van der Waals surface area contributed by atoms with Gasteiger partial charge in [0, 0.05) is 26.9 Å². The van der Waals surface area contributed by atoms with Crippen LogP contribution in [-0.2, 0) is 6.54 Å². The van der Waals surface area contributed by atoms with E-state index in [4.69, 9.17) is 40.5 Å². The van der Waals surface area contributed by atoms with E-state index in [1.165, 1.54) is 0 Å². The van der Waals surface area contributed by atoms with Gasteiger partial charge in [0.1, 0.15) is 0 Å². The van der Waals surface area contributed by atoms with Crippen molar-refractivity contribution in [2.75, 3.05) is 0 Å². The lowest BCUT2D eigenvalue weighted by atomic mass is 10.2. The summed E-state index contributed by atoms with van der Waals surface area (Å²) < 4.78 is 0. The maximum atomic E-state index is 6.13. The molecule has 1 heterocycles. The summed E-state index contributed by atoms with van der Waals surface area (Å²) in [6.07, 6.45) is 0. The lowest BCUT2D eigenvalue weighted by Crippen LogP contribution is -1.91. The monoisotopic (exact) mass is 291 g/mol. The Morgan fingerprint density at radius 3 is 2.19 bits per heavy atom. The molecular weight excluding hydrogens is 285 g/mol. The van der Waals surface area contributed by atoms with Gasteiger partial charge in [0.2, 0.25) is 0 Å². The Kier molecular flexibility index (Phi) is 3.77. The van der Waals surface area contributed by atoms with Crippen molar-refractivity contribution in [3.63, 3.8) is 0 Å². The third-order valence-corrected chi connectivity index (χ3v) is 4.06. The third kappa shape index (κ3) is 2.36. The third-order valence-electron chi connectivity index (χ3n) is 2.12. The Labute approximate surface area is 113 Å².